The van der Waals surface area contributed by atoms with Gasteiger partial charge in [0, 0.05) is 0 Å². The van der Waals surface area contributed by atoms with E-state index >= 15 is 0 Å². The Bertz CT molecular complexity index is 607. The number of nitro groups is 1. The maximum Gasteiger partial charge on any atom is 0.276 e. The summed E-state index contributed by atoms with van der Waals surface area (Å²) in [5, 5.41) is 13.2. The van der Waals surface area contributed by atoms with Crippen molar-refractivity contribution in [1.29, 1.82) is 0 Å². The average molecular weight is 268 g/mol. The third-order valence-electron chi connectivity index (χ3n) is 2.13. The van der Waals surface area contributed by atoms with Crippen LogP contribution in [0.1, 0.15) is 0 Å². The Kier molecular flexibility index (Phi) is 3.38. The van der Waals surface area contributed by atoms with Gasteiger partial charge in [0.15, 0.2) is 0 Å². The van der Waals surface area contributed by atoms with Crippen molar-refractivity contribution in [3.63, 3.8) is 0 Å². The lowest BCUT2D eigenvalue weighted by atomic mass is 10.3. The first-order valence-corrected chi connectivity index (χ1v) is 5.27. The highest BCUT2D eigenvalue weighted by atomic mass is 35.5. The molecule has 0 atom stereocenters. The van der Waals surface area contributed by atoms with Crippen LogP contribution in [0.4, 0.5) is 21.6 Å². The van der Waals surface area contributed by atoms with E-state index < -0.39 is 10.7 Å². The van der Waals surface area contributed by atoms with Gasteiger partial charge in [-0.1, -0.05) is 23.7 Å². The third kappa shape index (κ3) is 2.72. The van der Waals surface area contributed by atoms with E-state index in [1.165, 1.54) is 24.3 Å². The van der Waals surface area contributed by atoms with Gasteiger partial charge in [-0.25, -0.2) is 9.37 Å². The number of nitrogens with zero attached hydrogens (tertiary/aromatic N) is 2. The molecule has 0 saturated heterocycles. The monoisotopic (exact) mass is 267 g/mol. The maximum atomic E-state index is 13.4. The zero-order chi connectivity index (χ0) is 13.1. The molecule has 0 fully saturated rings. The van der Waals surface area contributed by atoms with Crippen molar-refractivity contribution in [3.8, 4) is 0 Å². The summed E-state index contributed by atoms with van der Waals surface area (Å²) >= 11 is 5.65. The van der Waals surface area contributed by atoms with Crippen LogP contribution in [0, 0.1) is 15.9 Å². The van der Waals surface area contributed by atoms with Crippen LogP contribution in [-0.4, -0.2) is 9.91 Å². The van der Waals surface area contributed by atoms with Crippen LogP contribution in [0.5, 0.6) is 0 Å². The topological polar surface area (TPSA) is 68.1 Å². The molecule has 0 aliphatic heterocycles. The van der Waals surface area contributed by atoms with Crippen LogP contribution in [0.15, 0.2) is 36.4 Å². The molecule has 1 heterocycles. The average Bonchev–Trinajstić information content (AvgIpc) is 2.31. The van der Waals surface area contributed by atoms with Gasteiger partial charge >= 0.3 is 0 Å². The van der Waals surface area contributed by atoms with Gasteiger partial charge in [-0.3, -0.25) is 10.1 Å². The lowest BCUT2D eigenvalue weighted by Crippen LogP contribution is -1.98. The minimum atomic E-state index is -0.597. The zero-order valence-corrected chi connectivity index (χ0v) is 9.69. The number of halogens is 2. The van der Waals surface area contributed by atoms with Crippen molar-refractivity contribution in [2.75, 3.05) is 5.32 Å². The van der Waals surface area contributed by atoms with Crippen molar-refractivity contribution < 1.29 is 9.31 Å². The first kappa shape index (κ1) is 12.3. The lowest BCUT2D eigenvalue weighted by molar-refractivity contribution is -0.384. The van der Waals surface area contributed by atoms with Gasteiger partial charge in [0.1, 0.15) is 16.8 Å². The summed E-state index contributed by atoms with van der Waals surface area (Å²) in [6.07, 6.45) is 0. The molecule has 1 aromatic heterocycles. The van der Waals surface area contributed by atoms with E-state index in [1.54, 1.807) is 6.07 Å². The molecule has 1 N–H and O–H groups in total. The number of pyridine rings is 1. The quantitative estimate of drug-likeness (QED) is 0.525. The van der Waals surface area contributed by atoms with Gasteiger partial charge in [-0.05, 0) is 12.1 Å². The van der Waals surface area contributed by atoms with Gasteiger partial charge < -0.3 is 5.32 Å². The molecule has 2 aromatic rings. The van der Waals surface area contributed by atoms with Crippen LogP contribution < -0.4 is 5.32 Å². The molecular formula is C11H7ClFN3O2. The Morgan fingerprint density at radius 2 is 2.06 bits per heavy atom. The van der Waals surface area contributed by atoms with Gasteiger partial charge in [-0.2, -0.15) is 0 Å². The largest absolute Gasteiger partial charge is 0.338 e. The highest BCUT2D eigenvalue weighted by Crippen LogP contribution is 2.24. The Balaban J connectivity index is 2.35. The Morgan fingerprint density at radius 3 is 2.72 bits per heavy atom. The van der Waals surface area contributed by atoms with Crippen LogP contribution in [0.25, 0.3) is 0 Å². The van der Waals surface area contributed by atoms with Gasteiger partial charge in [-0.15, -0.1) is 0 Å². The van der Waals surface area contributed by atoms with Crippen LogP contribution in [0.3, 0.4) is 0 Å². The predicted octanol–water partition coefficient (Wildman–Crippen LogP) is 3.53. The first-order chi connectivity index (χ1) is 8.56. The lowest BCUT2D eigenvalue weighted by Gasteiger charge is -2.06. The highest BCUT2D eigenvalue weighted by Gasteiger charge is 2.11. The first-order valence-electron chi connectivity index (χ1n) is 4.90. The molecule has 1 aromatic carbocycles. The fourth-order valence-electron chi connectivity index (χ4n) is 1.35. The molecule has 5 nitrogen and oxygen atoms in total. The normalized spacial score (nSPS) is 10.1. The number of hydrogen-bond acceptors (Lipinski definition) is 4. The SMILES string of the molecule is O=[N+]([O-])c1cc(Cl)nc(Nc2ccccc2F)c1. The van der Waals surface area contributed by atoms with E-state index in [2.05, 4.69) is 10.3 Å². The smallest absolute Gasteiger partial charge is 0.276 e. The van der Waals surface area contributed by atoms with Crippen molar-refractivity contribution in [2.45, 2.75) is 0 Å². The molecule has 0 amide bonds. The molecule has 0 saturated carbocycles. The van der Waals surface area contributed by atoms with E-state index in [-0.39, 0.29) is 22.3 Å². The minimum Gasteiger partial charge on any atom is -0.338 e. The van der Waals surface area contributed by atoms with E-state index in [9.17, 15) is 14.5 Å². The summed E-state index contributed by atoms with van der Waals surface area (Å²) in [7, 11) is 0. The van der Waals surface area contributed by atoms with Crippen molar-refractivity contribution in [3.05, 3.63) is 57.5 Å². The van der Waals surface area contributed by atoms with Crippen LogP contribution in [0.2, 0.25) is 5.15 Å². The molecule has 18 heavy (non-hydrogen) atoms. The number of para-hydroxylation sites is 1. The Labute approximate surface area is 106 Å². The van der Waals surface area contributed by atoms with Gasteiger partial charge in [0.25, 0.3) is 5.69 Å². The third-order valence-corrected chi connectivity index (χ3v) is 2.32. The number of hydrogen-bond donors (Lipinski definition) is 1. The summed E-state index contributed by atoms with van der Waals surface area (Å²) in [5.74, 6) is -0.374. The van der Waals surface area contributed by atoms with E-state index in [0.29, 0.717) is 0 Å². The van der Waals surface area contributed by atoms with Crippen LogP contribution in [-0.2, 0) is 0 Å². The van der Waals surface area contributed by atoms with Crippen molar-refractivity contribution in [1.82, 2.24) is 4.98 Å². The van der Waals surface area contributed by atoms with Gasteiger partial charge in [0.05, 0.1) is 22.7 Å². The Hall–Kier alpha value is -2.21. The maximum absolute atomic E-state index is 13.4. The summed E-state index contributed by atoms with van der Waals surface area (Å²) in [6.45, 7) is 0. The summed E-state index contributed by atoms with van der Waals surface area (Å²) in [6, 6.07) is 8.22. The van der Waals surface area contributed by atoms with Crippen molar-refractivity contribution in [2.24, 2.45) is 0 Å². The van der Waals surface area contributed by atoms with E-state index in [4.69, 9.17) is 11.6 Å². The molecule has 2 rings (SSSR count). The number of nitrogens with one attached hydrogen (secondary N) is 1. The van der Waals surface area contributed by atoms with E-state index in [0.717, 1.165) is 6.07 Å². The number of rotatable bonds is 3. The standard InChI is InChI=1S/C11H7ClFN3O2/c12-10-5-7(16(17)18)6-11(15-10)14-9-4-2-1-3-8(9)13/h1-6H,(H,14,15). The second-order valence-electron chi connectivity index (χ2n) is 3.40. The molecule has 0 radical (unpaired) electrons. The predicted molar refractivity (Wildman–Crippen MR) is 65.6 cm³/mol. The zero-order valence-electron chi connectivity index (χ0n) is 8.93. The molecular weight excluding hydrogens is 261 g/mol. The second-order valence-corrected chi connectivity index (χ2v) is 3.78. The highest BCUT2D eigenvalue weighted by molar-refractivity contribution is 6.29. The van der Waals surface area contributed by atoms with Gasteiger partial charge in [0.2, 0.25) is 0 Å². The molecule has 0 aliphatic rings. The molecule has 92 valence electrons. The molecule has 0 unspecified atom stereocenters. The number of anilines is 2. The minimum absolute atomic E-state index is 0.0389. The number of aromatic nitrogens is 1. The molecule has 0 spiro atoms. The number of benzene rings is 1. The fraction of sp³-hybridized carbons (Fsp3) is 0. The van der Waals surface area contributed by atoms with E-state index in [1.807, 2.05) is 0 Å². The van der Waals surface area contributed by atoms with Crippen LogP contribution >= 0.6 is 11.6 Å². The molecule has 0 bridgehead atoms. The molecule has 0 aliphatic carbocycles. The Morgan fingerprint density at radius 1 is 1.33 bits per heavy atom. The second kappa shape index (κ2) is 4.97. The fourth-order valence-corrected chi connectivity index (χ4v) is 1.56. The summed E-state index contributed by atoms with van der Waals surface area (Å²) in [4.78, 5) is 13.9. The van der Waals surface area contributed by atoms with Crippen molar-refractivity contribution >= 4 is 28.8 Å². The molecule has 7 heteroatoms. The summed E-state index contributed by atoms with van der Waals surface area (Å²) < 4.78 is 13.4. The summed E-state index contributed by atoms with van der Waals surface area (Å²) in [5.41, 5.74) is -0.0459.